The van der Waals surface area contributed by atoms with Crippen LogP contribution in [0.2, 0.25) is 0 Å². The smallest absolute Gasteiger partial charge is 0.262 e. The van der Waals surface area contributed by atoms with Crippen LogP contribution in [-0.2, 0) is 17.6 Å². The molecule has 0 radical (unpaired) electrons. The second-order valence-electron chi connectivity index (χ2n) is 6.98. The molecule has 3 aromatic rings. The molecule has 4 rings (SSSR count). The van der Waals surface area contributed by atoms with Crippen molar-refractivity contribution in [2.75, 3.05) is 11.9 Å². The van der Waals surface area contributed by atoms with Crippen LogP contribution in [-0.4, -0.2) is 12.5 Å². The van der Waals surface area contributed by atoms with E-state index in [4.69, 9.17) is 4.74 Å². The van der Waals surface area contributed by atoms with Crippen molar-refractivity contribution in [3.63, 3.8) is 0 Å². The molecule has 0 bridgehead atoms. The molecule has 4 nitrogen and oxygen atoms in total. The van der Waals surface area contributed by atoms with Gasteiger partial charge in [0.05, 0.1) is 5.56 Å². The maximum absolute atomic E-state index is 12.4. The van der Waals surface area contributed by atoms with Gasteiger partial charge in [-0.15, -0.1) is 11.3 Å². The topological polar surface area (TPSA) is 62.1 Å². The minimum atomic E-state index is -0.244. The normalized spacial score (nSPS) is 15.8. The van der Waals surface area contributed by atoms with Crippen LogP contribution in [0.15, 0.2) is 42.5 Å². The number of nitrogens with one attached hydrogen (secondary N) is 1. The van der Waals surface area contributed by atoms with E-state index in [2.05, 4.69) is 18.3 Å². The highest BCUT2D eigenvalue weighted by Gasteiger charge is 2.24. The first kappa shape index (κ1) is 17.6. The molecular formula is C22H20N2O2S. The summed E-state index contributed by atoms with van der Waals surface area (Å²) in [6, 6.07) is 16.0. The first-order chi connectivity index (χ1) is 13.2. The number of thiophene rings is 1. The van der Waals surface area contributed by atoms with Gasteiger partial charge in [0.2, 0.25) is 0 Å². The van der Waals surface area contributed by atoms with Crippen molar-refractivity contribution >= 4 is 33.0 Å². The van der Waals surface area contributed by atoms with E-state index in [1.165, 1.54) is 16.2 Å². The Morgan fingerprint density at radius 2 is 2.11 bits per heavy atom. The molecule has 136 valence electrons. The largest absolute Gasteiger partial charge is 0.483 e. The number of hydrogen-bond acceptors (Lipinski definition) is 4. The zero-order chi connectivity index (χ0) is 18.8. The van der Waals surface area contributed by atoms with E-state index < -0.39 is 0 Å². The Hall–Kier alpha value is -2.84. The molecular weight excluding hydrogens is 356 g/mol. The second kappa shape index (κ2) is 7.42. The Morgan fingerprint density at radius 1 is 1.30 bits per heavy atom. The van der Waals surface area contributed by atoms with Gasteiger partial charge in [0, 0.05) is 10.3 Å². The lowest BCUT2D eigenvalue weighted by Gasteiger charge is -2.17. The molecule has 1 atom stereocenters. The van der Waals surface area contributed by atoms with Gasteiger partial charge in [-0.2, -0.15) is 5.26 Å². The zero-order valence-corrected chi connectivity index (χ0v) is 15.9. The first-order valence-corrected chi connectivity index (χ1v) is 9.92. The number of carbonyl (C=O) groups is 1. The van der Waals surface area contributed by atoms with Crippen LogP contribution in [0.25, 0.3) is 10.8 Å². The number of fused-ring (bicyclic) bond motifs is 2. The van der Waals surface area contributed by atoms with Crippen molar-refractivity contribution in [2.45, 2.75) is 26.2 Å². The van der Waals surface area contributed by atoms with E-state index >= 15 is 0 Å². The zero-order valence-electron chi connectivity index (χ0n) is 15.1. The minimum Gasteiger partial charge on any atom is -0.483 e. The second-order valence-corrected chi connectivity index (χ2v) is 8.09. The van der Waals surface area contributed by atoms with Crippen molar-refractivity contribution in [3.8, 4) is 11.8 Å². The van der Waals surface area contributed by atoms with E-state index in [1.54, 1.807) is 0 Å². The van der Waals surface area contributed by atoms with Crippen LogP contribution in [0.1, 0.15) is 29.3 Å². The summed E-state index contributed by atoms with van der Waals surface area (Å²) in [7, 11) is 0. The third-order valence-corrected chi connectivity index (χ3v) is 6.15. The van der Waals surface area contributed by atoms with E-state index in [0.717, 1.165) is 35.6 Å². The highest BCUT2D eigenvalue weighted by atomic mass is 32.1. The van der Waals surface area contributed by atoms with Gasteiger partial charge in [0.15, 0.2) is 6.61 Å². The van der Waals surface area contributed by atoms with Crippen LogP contribution in [0.3, 0.4) is 0 Å². The fraction of sp³-hybridized carbons (Fsp3) is 0.273. The Balaban J connectivity index is 1.48. The molecule has 5 heteroatoms. The van der Waals surface area contributed by atoms with E-state index in [0.29, 0.717) is 22.2 Å². The van der Waals surface area contributed by atoms with Crippen LogP contribution in [0.5, 0.6) is 5.75 Å². The minimum absolute atomic E-state index is 0.0855. The Kier molecular flexibility index (Phi) is 4.83. The first-order valence-electron chi connectivity index (χ1n) is 9.10. The monoisotopic (exact) mass is 376 g/mol. The molecule has 27 heavy (non-hydrogen) atoms. The van der Waals surface area contributed by atoms with Gasteiger partial charge in [-0.05, 0) is 42.2 Å². The predicted molar refractivity (Wildman–Crippen MR) is 108 cm³/mol. The molecule has 2 aromatic carbocycles. The molecule has 1 aliphatic rings. The summed E-state index contributed by atoms with van der Waals surface area (Å²) >= 11 is 1.53. The molecule has 1 aromatic heterocycles. The van der Waals surface area contributed by atoms with Crippen LogP contribution in [0.4, 0.5) is 5.00 Å². The molecule has 1 heterocycles. The molecule has 0 fully saturated rings. The third kappa shape index (κ3) is 3.54. The number of hydrogen-bond donors (Lipinski definition) is 1. The fourth-order valence-electron chi connectivity index (χ4n) is 3.58. The molecule has 0 spiro atoms. The van der Waals surface area contributed by atoms with Crippen molar-refractivity contribution in [1.82, 2.24) is 0 Å². The number of benzene rings is 2. The molecule has 1 amide bonds. The summed E-state index contributed by atoms with van der Waals surface area (Å²) in [4.78, 5) is 13.7. The Bertz CT molecular complexity index is 1040. The molecule has 0 saturated heterocycles. The lowest BCUT2D eigenvalue weighted by molar-refractivity contribution is -0.118. The SMILES string of the molecule is C[C@@H]1CCc2c(sc(NC(=O)COc3cccc4ccccc34)c2C#N)C1. The highest BCUT2D eigenvalue weighted by Crippen LogP contribution is 2.39. The summed E-state index contributed by atoms with van der Waals surface area (Å²) in [6.45, 7) is 2.14. The molecule has 0 unspecified atom stereocenters. The number of amides is 1. The highest BCUT2D eigenvalue weighted by molar-refractivity contribution is 7.16. The number of nitriles is 1. The van der Waals surface area contributed by atoms with Crippen molar-refractivity contribution < 1.29 is 9.53 Å². The van der Waals surface area contributed by atoms with Crippen molar-refractivity contribution in [1.29, 1.82) is 5.26 Å². The van der Waals surface area contributed by atoms with Crippen LogP contribution < -0.4 is 10.1 Å². The molecule has 1 aliphatic carbocycles. The third-order valence-electron chi connectivity index (χ3n) is 4.98. The number of ether oxygens (including phenoxy) is 1. The van der Waals surface area contributed by atoms with Gasteiger partial charge < -0.3 is 10.1 Å². The molecule has 1 N–H and O–H groups in total. The summed E-state index contributed by atoms with van der Waals surface area (Å²) in [5.74, 6) is 1.06. The maximum atomic E-state index is 12.4. The quantitative estimate of drug-likeness (QED) is 0.703. The molecule has 0 aliphatic heterocycles. The number of rotatable bonds is 4. The van der Waals surface area contributed by atoms with E-state index in [9.17, 15) is 10.1 Å². The van der Waals surface area contributed by atoms with Crippen molar-refractivity contribution in [2.24, 2.45) is 5.92 Å². The molecule has 0 saturated carbocycles. The summed E-state index contributed by atoms with van der Waals surface area (Å²) < 4.78 is 5.76. The van der Waals surface area contributed by atoms with Gasteiger partial charge in [0.25, 0.3) is 5.91 Å². The van der Waals surface area contributed by atoms with Gasteiger partial charge >= 0.3 is 0 Å². The van der Waals surface area contributed by atoms with E-state index in [1.807, 2.05) is 42.5 Å². The van der Waals surface area contributed by atoms with Gasteiger partial charge in [-0.25, -0.2) is 0 Å². The van der Waals surface area contributed by atoms with Gasteiger partial charge in [0.1, 0.15) is 16.8 Å². The van der Waals surface area contributed by atoms with E-state index in [-0.39, 0.29) is 12.5 Å². The Morgan fingerprint density at radius 3 is 2.96 bits per heavy atom. The lowest BCUT2D eigenvalue weighted by Crippen LogP contribution is -2.20. The average Bonchev–Trinajstić information content (AvgIpc) is 3.02. The standard InChI is InChI=1S/C22H20N2O2S/c1-14-9-10-17-18(12-23)22(27-20(17)11-14)24-21(25)13-26-19-8-4-6-15-5-2-3-7-16(15)19/h2-8,14H,9-11,13H2,1H3,(H,24,25)/t14-/m1/s1. The number of nitrogens with zero attached hydrogens (tertiary/aromatic N) is 1. The summed E-state index contributed by atoms with van der Waals surface area (Å²) in [5, 5.41) is 15.1. The predicted octanol–water partition coefficient (Wildman–Crippen LogP) is 4.92. The maximum Gasteiger partial charge on any atom is 0.262 e. The number of carbonyl (C=O) groups excluding carboxylic acids is 1. The van der Waals surface area contributed by atoms with Crippen molar-refractivity contribution in [3.05, 3.63) is 58.5 Å². The number of anilines is 1. The van der Waals surface area contributed by atoms with Crippen LogP contribution >= 0.6 is 11.3 Å². The average molecular weight is 376 g/mol. The summed E-state index contributed by atoms with van der Waals surface area (Å²) in [6.07, 6.45) is 2.99. The van der Waals surface area contributed by atoms with Gasteiger partial charge in [-0.1, -0.05) is 43.3 Å². The summed E-state index contributed by atoms with van der Waals surface area (Å²) in [5.41, 5.74) is 1.74. The van der Waals surface area contributed by atoms with Gasteiger partial charge in [-0.3, -0.25) is 4.79 Å². The fourth-order valence-corrected chi connectivity index (χ4v) is 4.96. The van der Waals surface area contributed by atoms with Crippen LogP contribution in [0, 0.1) is 17.2 Å². The Labute approximate surface area is 162 Å². The lowest BCUT2D eigenvalue weighted by atomic mass is 9.89.